The summed E-state index contributed by atoms with van der Waals surface area (Å²) in [5.41, 5.74) is 0.815. The number of hydrogen-bond acceptors (Lipinski definition) is 5. The van der Waals surface area contributed by atoms with Crippen LogP contribution in [-0.4, -0.2) is 36.2 Å². The van der Waals surface area contributed by atoms with Crippen LogP contribution in [0.25, 0.3) is 11.0 Å². The van der Waals surface area contributed by atoms with E-state index in [0.717, 1.165) is 16.1 Å². The molecule has 1 N–H and O–H groups in total. The molecular formula is C10H14N4OS. The van der Waals surface area contributed by atoms with Gasteiger partial charge < -0.3 is 5.11 Å². The quantitative estimate of drug-likeness (QED) is 0.643. The van der Waals surface area contributed by atoms with Crippen molar-refractivity contribution in [2.24, 2.45) is 7.05 Å². The third kappa shape index (κ3) is 2.03. The van der Waals surface area contributed by atoms with Crippen molar-refractivity contribution in [2.75, 3.05) is 0 Å². The first kappa shape index (κ1) is 11.3. The molecule has 6 heteroatoms. The predicted octanol–water partition coefficient (Wildman–Crippen LogP) is 1.22. The molecule has 2 aromatic heterocycles. The molecule has 0 aromatic carbocycles. The standard InChI is InChI=1S/C10H14N4OS/c1-6(15)7(2)16-10-8-4-13-14(3)9(8)11-5-12-10/h4-7,15H,1-3H3. The van der Waals surface area contributed by atoms with Crippen molar-refractivity contribution in [3.8, 4) is 0 Å². The Morgan fingerprint density at radius 1 is 1.38 bits per heavy atom. The van der Waals surface area contributed by atoms with Crippen LogP contribution in [0.3, 0.4) is 0 Å². The summed E-state index contributed by atoms with van der Waals surface area (Å²) in [5.74, 6) is 0. The molecule has 0 radical (unpaired) electrons. The van der Waals surface area contributed by atoms with Crippen molar-refractivity contribution in [3.05, 3.63) is 12.5 Å². The summed E-state index contributed by atoms with van der Waals surface area (Å²) in [5, 5.41) is 15.5. The van der Waals surface area contributed by atoms with E-state index in [4.69, 9.17) is 0 Å². The zero-order chi connectivity index (χ0) is 11.7. The first-order valence-corrected chi connectivity index (χ1v) is 5.95. The number of nitrogens with zero attached hydrogens (tertiary/aromatic N) is 4. The van der Waals surface area contributed by atoms with Gasteiger partial charge in [-0.2, -0.15) is 5.10 Å². The molecule has 2 aromatic rings. The summed E-state index contributed by atoms with van der Waals surface area (Å²) in [6, 6.07) is 0. The minimum absolute atomic E-state index is 0.0957. The molecule has 2 heterocycles. The predicted molar refractivity (Wildman–Crippen MR) is 63.3 cm³/mol. The number of aryl methyl sites for hydroxylation is 1. The van der Waals surface area contributed by atoms with Gasteiger partial charge in [0.05, 0.1) is 17.7 Å². The highest BCUT2D eigenvalue weighted by atomic mass is 32.2. The lowest BCUT2D eigenvalue weighted by Crippen LogP contribution is -2.15. The Morgan fingerprint density at radius 3 is 2.81 bits per heavy atom. The highest BCUT2D eigenvalue weighted by Crippen LogP contribution is 2.28. The van der Waals surface area contributed by atoms with Crippen LogP contribution in [0.2, 0.25) is 0 Å². The zero-order valence-corrected chi connectivity index (χ0v) is 10.3. The van der Waals surface area contributed by atoms with E-state index in [9.17, 15) is 5.11 Å². The Morgan fingerprint density at radius 2 is 2.12 bits per heavy atom. The SMILES string of the molecule is CC(O)C(C)Sc1ncnc2c1cnn2C. The minimum Gasteiger partial charge on any atom is -0.392 e. The van der Waals surface area contributed by atoms with E-state index < -0.39 is 0 Å². The molecule has 86 valence electrons. The van der Waals surface area contributed by atoms with Gasteiger partial charge in [0, 0.05) is 12.3 Å². The fourth-order valence-electron chi connectivity index (χ4n) is 1.31. The third-order valence-electron chi connectivity index (χ3n) is 2.47. The largest absolute Gasteiger partial charge is 0.392 e. The number of thioether (sulfide) groups is 1. The van der Waals surface area contributed by atoms with Crippen molar-refractivity contribution >= 4 is 22.8 Å². The van der Waals surface area contributed by atoms with Crippen molar-refractivity contribution in [3.63, 3.8) is 0 Å². The molecule has 0 spiro atoms. The van der Waals surface area contributed by atoms with E-state index in [1.165, 1.54) is 6.33 Å². The fourth-order valence-corrected chi connectivity index (χ4v) is 2.24. The summed E-state index contributed by atoms with van der Waals surface area (Å²) in [4.78, 5) is 8.40. The van der Waals surface area contributed by atoms with E-state index in [1.807, 2.05) is 14.0 Å². The molecule has 0 fully saturated rings. The van der Waals surface area contributed by atoms with E-state index in [2.05, 4.69) is 15.1 Å². The zero-order valence-electron chi connectivity index (χ0n) is 9.45. The lowest BCUT2D eigenvalue weighted by atomic mass is 10.3. The van der Waals surface area contributed by atoms with Crippen LogP contribution >= 0.6 is 11.8 Å². The Bertz CT molecular complexity index is 497. The van der Waals surface area contributed by atoms with E-state index >= 15 is 0 Å². The molecule has 16 heavy (non-hydrogen) atoms. The third-order valence-corrected chi connectivity index (χ3v) is 3.78. The summed E-state index contributed by atoms with van der Waals surface area (Å²) >= 11 is 1.54. The van der Waals surface area contributed by atoms with Crippen LogP contribution in [0.15, 0.2) is 17.6 Å². The second-order valence-corrected chi connectivity index (χ2v) is 5.11. The highest BCUT2D eigenvalue weighted by molar-refractivity contribution is 8.00. The molecule has 2 unspecified atom stereocenters. The van der Waals surface area contributed by atoms with E-state index in [0.29, 0.717) is 0 Å². The van der Waals surface area contributed by atoms with Crippen LogP contribution < -0.4 is 0 Å². The van der Waals surface area contributed by atoms with Gasteiger partial charge in [0.15, 0.2) is 5.65 Å². The number of aromatic nitrogens is 4. The lowest BCUT2D eigenvalue weighted by molar-refractivity contribution is 0.196. The molecule has 0 saturated carbocycles. The molecule has 2 rings (SSSR count). The summed E-state index contributed by atoms with van der Waals surface area (Å²) in [6.07, 6.45) is 2.92. The Balaban J connectivity index is 2.37. The summed E-state index contributed by atoms with van der Waals surface area (Å²) in [6.45, 7) is 3.75. The van der Waals surface area contributed by atoms with Crippen LogP contribution in [0, 0.1) is 0 Å². The Labute approximate surface area is 97.9 Å². The second kappa shape index (κ2) is 4.39. The molecule has 0 aliphatic heterocycles. The number of hydrogen-bond donors (Lipinski definition) is 1. The van der Waals surface area contributed by atoms with Gasteiger partial charge in [0.1, 0.15) is 11.4 Å². The van der Waals surface area contributed by atoms with Gasteiger partial charge in [-0.05, 0) is 6.92 Å². The van der Waals surface area contributed by atoms with Gasteiger partial charge >= 0.3 is 0 Å². The average molecular weight is 238 g/mol. The van der Waals surface area contributed by atoms with Gasteiger partial charge in [-0.1, -0.05) is 18.7 Å². The molecular weight excluding hydrogens is 224 g/mol. The van der Waals surface area contributed by atoms with Crippen molar-refractivity contribution in [1.29, 1.82) is 0 Å². The highest BCUT2D eigenvalue weighted by Gasteiger charge is 2.15. The molecule has 0 aliphatic rings. The lowest BCUT2D eigenvalue weighted by Gasteiger charge is -2.13. The van der Waals surface area contributed by atoms with Gasteiger partial charge in [-0.3, -0.25) is 4.68 Å². The molecule has 0 aliphatic carbocycles. The van der Waals surface area contributed by atoms with Crippen molar-refractivity contribution in [1.82, 2.24) is 19.7 Å². The number of rotatable bonds is 3. The maximum Gasteiger partial charge on any atom is 0.162 e. The summed E-state index contributed by atoms with van der Waals surface area (Å²) in [7, 11) is 1.85. The number of fused-ring (bicyclic) bond motifs is 1. The summed E-state index contributed by atoms with van der Waals surface area (Å²) < 4.78 is 1.72. The second-order valence-electron chi connectivity index (χ2n) is 3.75. The molecule has 0 saturated heterocycles. The van der Waals surface area contributed by atoms with Crippen molar-refractivity contribution < 1.29 is 5.11 Å². The Kier molecular flexibility index (Phi) is 3.11. The first-order valence-electron chi connectivity index (χ1n) is 5.07. The smallest absolute Gasteiger partial charge is 0.162 e. The number of aliphatic hydroxyl groups is 1. The van der Waals surface area contributed by atoms with Crippen LogP contribution in [0.5, 0.6) is 0 Å². The molecule has 0 bridgehead atoms. The normalized spacial score (nSPS) is 15.2. The van der Waals surface area contributed by atoms with Gasteiger partial charge in [0.25, 0.3) is 0 Å². The minimum atomic E-state index is -0.369. The monoisotopic (exact) mass is 238 g/mol. The molecule has 2 atom stereocenters. The van der Waals surface area contributed by atoms with E-state index in [-0.39, 0.29) is 11.4 Å². The van der Waals surface area contributed by atoms with Crippen LogP contribution in [0.1, 0.15) is 13.8 Å². The average Bonchev–Trinajstić information content (AvgIpc) is 2.62. The maximum absolute atomic E-state index is 9.47. The Hall–Kier alpha value is -1.14. The topological polar surface area (TPSA) is 63.8 Å². The fraction of sp³-hybridized carbons (Fsp3) is 0.500. The first-order chi connectivity index (χ1) is 7.59. The number of aliphatic hydroxyl groups excluding tert-OH is 1. The van der Waals surface area contributed by atoms with Crippen LogP contribution in [-0.2, 0) is 7.05 Å². The van der Waals surface area contributed by atoms with Gasteiger partial charge in [-0.15, -0.1) is 0 Å². The van der Waals surface area contributed by atoms with Crippen LogP contribution in [0.4, 0.5) is 0 Å². The van der Waals surface area contributed by atoms with Gasteiger partial charge in [-0.25, -0.2) is 9.97 Å². The molecule has 0 amide bonds. The van der Waals surface area contributed by atoms with Crippen molar-refractivity contribution in [2.45, 2.75) is 30.2 Å². The molecule has 5 nitrogen and oxygen atoms in total. The van der Waals surface area contributed by atoms with E-state index in [1.54, 1.807) is 29.6 Å². The van der Waals surface area contributed by atoms with Gasteiger partial charge in [0.2, 0.25) is 0 Å². The maximum atomic E-state index is 9.47.